The standard InChI is InChI=1S/C47H80O9/c1-3-5-7-9-11-13-15-17-19-20-21-22-23-24-26-28-30-32-34-36-43(49)55-41(40-54-47-46(52)45(51)44(50)42(38-48)56-47)39-53-37-35-33-31-29-27-25-18-16-14-12-10-8-6-4-2/h5,7,11,13-14,16-17,19,21-22,24,26,41-42,44-48,50-52H,3-4,6,8-10,12,15,18,20,23,25,27-40H2,1-2H3/b7-5-,13-11-,16-14-,19-17-,22-21-,26-24-. The number of allylic oxidation sites excluding steroid dienone is 12. The van der Waals surface area contributed by atoms with Crippen LogP contribution in [0.2, 0.25) is 0 Å². The average Bonchev–Trinajstić information content (AvgIpc) is 3.20. The van der Waals surface area contributed by atoms with E-state index < -0.39 is 43.4 Å². The number of rotatable bonds is 36. The Morgan fingerprint density at radius 3 is 1.66 bits per heavy atom. The molecule has 4 N–H and O–H groups in total. The van der Waals surface area contributed by atoms with Crippen LogP contribution in [-0.2, 0) is 23.7 Å². The maximum Gasteiger partial charge on any atom is 0.306 e. The number of aliphatic hydroxyl groups is 4. The minimum atomic E-state index is -1.55. The molecule has 1 aliphatic heterocycles. The summed E-state index contributed by atoms with van der Waals surface area (Å²) in [5, 5.41) is 40.1. The molecule has 6 atom stereocenters. The Morgan fingerprint density at radius 2 is 1.09 bits per heavy atom. The molecule has 0 aromatic rings. The summed E-state index contributed by atoms with van der Waals surface area (Å²) in [6, 6.07) is 0. The Kier molecular flexibility index (Phi) is 35.2. The van der Waals surface area contributed by atoms with Crippen molar-refractivity contribution in [2.45, 2.75) is 192 Å². The van der Waals surface area contributed by atoms with E-state index in [9.17, 15) is 25.2 Å². The van der Waals surface area contributed by atoms with Gasteiger partial charge in [-0.3, -0.25) is 4.79 Å². The van der Waals surface area contributed by atoms with Gasteiger partial charge in [-0.15, -0.1) is 0 Å². The summed E-state index contributed by atoms with van der Waals surface area (Å²) in [6.45, 7) is 4.36. The molecule has 0 aliphatic carbocycles. The molecule has 0 radical (unpaired) electrons. The third kappa shape index (κ3) is 28.9. The van der Waals surface area contributed by atoms with Gasteiger partial charge in [0.25, 0.3) is 0 Å². The Bertz CT molecular complexity index is 1080. The van der Waals surface area contributed by atoms with Gasteiger partial charge in [-0.2, -0.15) is 0 Å². The van der Waals surface area contributed by atoms with Crippen LogP contribution < -0.4 is 0 Å². The van der Waals surface area contributed by atoms with Crippen molar-refractivity contribution < 1.29 is 44.2 Å². The summed E-state index contributed by atoms with van der Waals surface area (Å²) in [5.74, 6) is -0.350. The molecule has 1 saturated heterocycles. The van der Waals surface area contributed by atoms with E-state index in [0.717, 1.165) is 77.0 Å². The van der Waals surface area contributed by atoms with E-state index in [0.29, 0.717) is 13.0 Å². The summed E-state index contributed by atoms with van der Waals surface area (Å²) < 4.78 is 22.7. The SMILES string of the molecule is CC/C=C\C/C=C\C/C=C\C/C=C\C/C=C\CCCCCC(=O)OC(COCCCCCCCC/C=C\CCCCCC)COC1OC(CO)C(O)C(O)C1O. The lowest BCUT2D eigenvalue weighted by Gasteiger charge is -2.39. The van der Waals surface area contributed by atoms with Gasteiger partial charge in [0.15, 0.2) is 6.29 Å². The highest BCUT2D eigenvalue weighted by atomic mass is 16.7. The minimum absolute atomic E-state index is 0.123. The molecule has 0 amide bonds. The van der Waals surface area contributed by atoms with Crippen molar-refractivity contribution in [3.63, 3.8) is 0 Å². The fourth-order valence-electron chi connectivity index (χ4n) is 6.16. The van der Waals surface area contributed by atoms with E-state index in [1.807, 2.05) is 0 Å². The van der Waals surface area contributed by atoms with Gasteiger partial charge in [-0.25, -0.2) is 0 Å². The minimum Gasteiger partial charge on any atom is -0.457 e. The molecular formula is C47H80O9. The first-order valence-electron chi connectivity index (χ1n) is 22.0. The van der Waals surface area contributed by atoms with Gasteiger partial charge in [0.1, 0.15) is 30.5 Å². The highest BCUT2D eigenvalue weighted by molar-refractivity contribution is 5.69. The van der Waals surface area contributed by atoms with Gasteiger partial charge in [-0.1, -0.05) is 138 Å². The second-order valence-corrected chi connectivity index (χ2v) is 14.8. The third-order valence-electron chi connectivity index (χ3n) is 9.61. The maximum absolute atomic E-state index is 12.8. The predicted molar refractivity (Wildman–Crippen MR) is 228 cm³/mol. The number of hydrogen-bond acceptors (Lipinski definition) is 9. The summed E-state index contributed by atoms with van der Waals surface area (Å²) in [4.78, 5) is 12.8. The summed E-state index contributed by atoms with van der Waals surface area (Å²) >= 11 is 0. The number of carbonyl (C=O) groups excluding carboxylic acids is 1. The smallest absolute Gasteiger partial charge is 0.306 e. The second-order valence-electron chi connectivity index (χ2n) is 14.8. The molecule has 56 heavy (non-hydrogen) atoms. The molecular weight excluding hydrogens is 709 g/mol. The van der Waals surface area contributed by atoms with E-state index in [-0.39, 0.29) is 25.6 Å². The number of hydrogen-bond donors (Lipinski definition) is 4. The van der Waals surface area contributed by atoms with Crippen molar-refractivity contribution in [2.75, 3.05) is 26.4 Å². The fraction of sp³-hybridized carbons (Fsp3) is 0.723. The van der Waals surface area contributed by atoms with E-state index in [1.165, 1.54) is 51.4 Å². The fourth-order valence-corrected chi connectivity index (χ4v) is 6.16. The van der Waals surface area contributed by atoms with Crippen LogP contribution in [0.15, 0.2) is 72.9 Å². The van der Waals surface area contributed by atoms with E-state index in [1.54, 1.807) is 0 Å². The summed E-state index contributed by atoms with van der Waals surface area (Å²) in [5.41, 5.74) is 0. The Morgan fingerprint density at radius 1 is 0.589 bits per heavy atom. The molecule has 9 heteroatoms. The third-order valence-corrected chi connectivity index (χ3v) is 9.61. The molecule has 0 saturated carbocycles. The largest absolute Gasteiger partial charge is 0.457 e. The lowest BCUT2D eigenvalue weighted by molar-refractivity contribution is -0.305. The van der Waals surface area contributed by atoms with Crippen molar-refractivity contribution in [3.8, 4) is 0 Å². The predicted octanol–water partition coefficient (Wildman–Crippen LogP) is 9.69. The molecule has 322 valence electrons. The number of aliphatic hydroxyl groups excluding tert-OH is 4. The number of unbranched alkanes of at least 4 members (excludes halogenated alkanes) is 13. The van der Waals surface area contributed by atoms with Crippen LogP contribution in [0.1, 0.15) is 155 Å². The highest BCUT2D eigenvalue weighted by Crippen LogP contribution is 2.22. The molecule has 0 bridgehead atoms. The quantitative estimate of drug-likeness (QED) is 0.0278. The zero-order valence-electron chi connectivity index (χ0n) is 35.1. The topological polar surface area (TPSA) is 135 Å². The van der Waals surface area contributed by atoms with Crippen LogP contribution in [0.3, 0.4) is 0 Å². The van der Waals surface area contributed by atoms with Gasteiger partial charge >= 0.3 is 5.97 Å². The lowest BCUT2D eigenvalue weighted by Crippen LogP contribution is -2.59. The Labute approximate surface area is 340 Å². The van der Waals surface area contributed by atoms with E-state index >= 15 is 0 Å². The molecule has 0 spiro atoms. The first-order valence-corrected chi connectivity index (χ1v) is 22.0. The number of esters is 1. The molecule has 0 aromatic heterocycles. The van der Waals surface area contributed by atoms with Crippen LogP contribution in [0.4, 0.5) is 0 Å². The average molecular weight is 789 g/mol. The van der Waals surface area contributed by atoms with Gasteiger partial charge in [0, 0.05) is 13.0 Å². The Hall–Kier alpha value is -2.37. The first-order chi connectivity index (χ1) is 27.4. The van der Waals surface area contributed by atoms with Crippen LogP contribution in [0.25, 0.3) is 0 Å². The first kappa shape index (κ1) is 51.6. The van der Waals surface area contributed by atoms with Crippen molar-refractivity contribution in [1.29, 1.82) is 0 Å². The molecule has 1 heterocycles. The summed E-state index contributed by atoms with van der Waals surface area (Å²) in [7, 11) is 0. The van der Waals surface area contributed by atoms with Gasteiger partial charge in [-0.05, 0) is 83.5 Å². The lowest BCUT2D eigenvalue weighted by atomic mass is 9.99. The van der Waals surface area contributed by atoms with Gasteiger partial charge in [0.05, 0.1) is 19.8 Å². The summed E-state index contributed by atoms with van der Waals surface area (Å²) in [6.07, 6.45) is 42.1. The molecule has 1 rings (SSSR count). The maximum atomic E-state index is 12.8. The van der Waals surface area contributed by atoms with Crippen LogP contribution in [0.5, 0.6) is 0 Å². The number of ether oxygens (including phenoxy) is 4. The molecule has 9 nitrogen and oxygen atoms in total. The number of carbonyl (C=O) groups is 1. The van der Waals surface area contributed by atoms with Crippen molar-refractivity contribution >= 4 is 5.97 Å². The molecule has 6 unspecified atom stereocenters. The monoisotopic (exact) mass is 789 g/mol. The van der Waals surface area contributed by atoms with Crippen LogP contribution in [-0.4, -0.2) is 89.6 Å². The van der Waals surface area contributed by atoms with Crippen LogP contribution in [0, 0.1) is 0 Å². The molecule has 1 aliphatic rings. The van der Waals surface area contributed by atoms with Crippen molar-refractivity contribution in [2.24, 2.45) is 0 Å². The Balaban J connectivity index is 2.32. The highest BCUT2D eigenvalue weighted by Gasteiger charge is 2.44. The van der Waals surface area contributed by atoms with E-state index in [4.69, 9.17) is 18.9 Å². The van der Waals surface area contributed by atoms with Gasteiger partial charge in [0.2, 0.25) is 0 Å². The van der Waals surface area contributed by atoms with Gasteiger partial charge < -0.3 is 39.4 Å². The molecule has 1 fully saturated rings. The zero-order chi connectivity index (χ0) is 40.7. The van der Waals surface area contributed by atoms with E-state index in [2.05, 4.69) is 86.8 Å². The van der Waals surface area contributed by atoms with Crippen LogP contribution >= 0.6 is 0 Å². The normalized spacial score (nSPS) is 21.3. The molecule has 0 aromatic carbocycles. The van der Waals surface area contributed by atoms with Crippen molar-refractivity contribution in [1.82, 2.24) is 0 Å². The zero-order valence-corrected chi connectivity index (χ0v) is 35.1. The second kappa shape index (κ2) is 38.2. The van der Waals surface area contributed by atoms with Crippen molar-refractivity contribution in [3.05, 3.63) is 72.9 Å².